The summed E-state index contributed by atoms with van der Waals surface area (Å²) in [5, 5.41) is 12.7. The number of rotatable bonds is 3. The summed E-state index contributed by atoms with van der Waals surface area (Å²) in [6, 6.07) is 4.90. The molecule has 7 heteroatoms. The van der Waals surface area contributed by atoms with Crippen LogP contribution >= 0.6 is 0 Å². The van der Waals surface area contributed by atoms with E-state index in [2.05, 4.69) is 5.10 Å². The molecule has 0 aliphatic heterocycles. The molecule has 0 saturated carbocycles. The predicted molar refractivity (Wildman–Crippen MR) is 59.0 cm³/mol. The number of nitrogens with two attached hydrogens (primary N) is 1. The van der Waals surface area contributed by atoms with E-state index in [-0.39, 0.29) is 16.9 Å². The number of carboxylic acid groups (broad SMARTS) is 1. The van der Waals surface area contributed by atoms with Gasteiger partial charge in [0.15, 0.2) is 0 Å². The Balaban J connectivity index is 2.62. The number of carbonyl (C=O) groups excluding carboxylic acids is 1. The van der Waals surface area contributed by atoms with Crippen molar-refractivity contribution in [3.63, 3.8) is 0 Å². The molecular formula is C11H8FN3O3. The molecule has 0 aliphatic carbocycles. The van der Waals surface area contributed by atoms with Gasteiger partial charge in [-0.15, -0.1) is 0 Å². The summed E-state index contributed by atoms with van der Waals surface area (Å²) in [7, 11) is 0. The normalized spacial score (nSPS) is 10.3. The number of carbonyl (C=O) groups is 2. The molecule has 92 valence electrons. The molecule has 3 N–H and O–H groups in total. The summed E-state index contributed by atoms with van der Waals surface area (Å²) >= 11 is 0. The van der Waals surface area contributed by atoms with E-state index in [0.29, 0.717) is 0 Å². The molecule has 1 aromatic heterocycles. The first-order valence-corrected chi connectivity index (χ1v) is 4.88. The fourth-order valence-corrected chi connectivity index (χ4v) is 1.50. The highest BCUT2D eigenvalue weighted by Gasteiger charge is 2.17. The number of hydrogen-bond donors (Lipinski definition) is 2. The average Bonchev–Trinajstić information content (AvgIpc) is 2.77. The van der Waals surface area contributed by atoms with Gasteiger partial charge in [0, 0.05) is 6.20 Å². The third kappa shape index (κ3) is 1.93. The second-order valence-electron chi connectivity index (χ2n) is 3.45. The van der Waals surface area contributed by atoms with Crippen LogP contribution in [0.25, 0.3) is 5.69 Å². The van der Waals surface area contributed by atoms with Crippen LogP contribution < -0.4 is 5.73 Å². The van der Waals surface area contributed by atoms with Crippen molar-refractivity contribution in [2.75, 3.05) is 0 Å². The van der Waals surface area contributed by atoms with Gasteiger partial charge in [0.05, 0.1) is 5.56 Å². The second kappa shape index (κ2) is 4.28. The number of aromatic carboxylic acids is 1. The lowest BCUT2D eigenvalue weighted by Gasteiger charge is -2.06. The fourth-order valence-electron chi connectivity index (χ4n) is 1.50. The molecule has 1 amide bonds. The van der Waals surface area contributed by atoms with Crippen LogP contribution in [0.3, 0.4) is 0 Å². The molecule has 0 saturated heterocycles. The molecule has 6 nitrogen and oxygen atoms in total. The van der Waals surface area contributed by atoms with E-state index in [1.54, 1.807) is 0 Å². The van der Waals surface area contributed by atoms with Crippen molar-refractivity contribution >= 4 is 11.9 Å². The van der Waals surface area contributed by atoms with Crippen molar-refractivity contribution < 1.29 is 19.1 Å². The van der Waals surface area contributed by atoms with E-state index < -0.39 is 17.7 Å². The third-order valence-corrected chi connectivity index (χ3v) is 2.29. The Morgan fingerprint density at radius 1 is 1.33 bits per heavy atom. The Kier molecular flexibility index (Phi) is 2.80. The van der Waals surface area contributed by atoms with Crippen LogP contribution in [0.1, 0.15) is 20.8 Å². The Hall–Kier alpha value is -2.70. The van der Waals surface area contributed by atoms with Gasteiger partial charge in [-0.25, -0.2) is 13.9 Å². The van der Waals surface area contributed by atoms with Gasteiger partial charge >= 0.3 is 5.97 Å². The lowest BCUT2D eigenvalue weighted by molar-refractivity contribution is 0.0696. The first kappa shape index (κ1) is 11.8. The highest BCUT2D eigenvalue weighted by atomic mass is 19.1. The highest BCUT2D eigenvalue weighted by molar-refractivity contribution is 5.92. The molecule has 2 aromatic rings. The maximum Gasteiger partial charge on any atom is 0.338 e. The molecule has 2 rings (SSSR count). The Morgan fingerprint density at radius 3 is 2.61 bits per heavy atom. The van der Waals surface area contributed by atoms with Gasteiger partial charge in [0.2, 0.25) is 0 Å². The van der Waals surface area contributed by atoms with Crippen LogP contribution in [-0.2, 0) is 0 Å². The zero-order valence-corrected chi connectivity index (χ0v) is 9.00. The number of aromatic nitrogens is 2. The standard InChI is InChI=1S/C11H8FN3O3/c12-7-3-1-2-6(11(17)18)9(7)15-5-4-8(14-15)10(13)16/h1-5H,(H2,13,16)(H,17,18). The zero-order valence-electron chi connectivity index (χ0n) is 9.00. The summed E-state index contributed by atoms with van der Waals surface area (Å²) in [6.45, 7) is 0. The van der Waals surface area contributed by atoms with Gasteiger partial charge in [-0.2, -0.15) is 5.10 Å². The average molecular weight is 249 g/mol. The molecule has 1 aromatic carbocycles. The number of primary amides is 1. The number of halogens is 1. The van der Waals surface area contributed by atoms with Crippen LogP contribution in [0.15, 0.2) is 30.5 Å². The number of carboxylic acids is 1. The van der Waals surface area contributed by atoms with Gasteiger partial charge in [0.25, 0.3) is 5.91 Å². The summed E-state index contributed by atoms with van der Waals surface area (Å²) < 4.78 is 14.6. The van der Waals surface area contributed by atoms with Crippen LogP contribution in [0.5, 0.6) is 0 Å². The van der Waals surface area contributed by atoms with Crippen molar-refractivity contribution in [1.29, 1.82) is 0 Å². The van der Waals surface area contributed by atoms with Crippen LogP contribution in [0.2, 0.25) is 0 Å². The first-order chi connectivity index (χ1) is 8.50. The van der Waals surface area contributed by atoms with Crippen molar-refractivity contribution in [1.82, 2.24) is 9.78 Å². The van der Waals surface area contributed by atoms with Gasteiger partial charge < -0.3 is 10.8 Å². The van der Waals surface area contributed by atoms with Crippen molar-refractivity contribution in [2.24, 2.45) is 5.73 Å². The van der Waals surface area contributed by atoms with Gasteiger partial charge in [-0.3, -0.25) is 4.79 Å². The van der Waals surface area contributed by atoms with Gasteiger partial charge in [0.1, 0.15) is 17.2 Å². The lowest BCUT2D eigenvalue weighted by atomic mass is 10.1. The minimum atomic E-state index is -1.29. The van der Waals surface area contributed by atoms with Crippen molar-refractivity contribution in [3.05, 3.63) is 47.5 Å². The topological polar surface area (TPSA) is 98.2 Å². The SMILES string of the molecule is NC(=O)c1ccn(-c2c(F)cccc2C(=O)O)n1. The third-order valence-electron chi connectivity index (χ3n) is 2.29. The van der Waals surface area contributed by atoms with E-state index in [1.807, 2.05) is 0 Å². The van der Waals surface area contributed by atoms with Crippen molar-refractivity contribution in [3.8, 4) is 5.69 Å². The molecule has 0 radical (unpaired) electrons. The van der Waals surface area contributed by atoms with Crippen LogP contribution in [-0.4, -0.2) is 26.8 Å². The summed E-state index contributed by atoms with van der Waals surface area (Å²) in [5.41, 5.74) is 4.45. The molecule has 1 heterocycles. The number of amides is 1. The number of para-hydroxylation sites is 1. The Labute approximate surface area is 100 Å². The van der Waals surface area contributed by atoms with E-state index in [4.69, 9.17) is 10.8 Å². The minimum Gasteiger partial charge on any atom is -0.478 e. The first-order valence-electron chi connectivity index (χ1n) is 4.88. The Bertz CT molecular complexity index is 636. The maximum atomic E-state index is 13.7. The number of hydrogen-bond acceptors (Lipinski definition) is 3. The number of nitrogens with zero attached hydrogens (tertiary/aromatic N) is 2. The summed E-state index contributed by atoms with van der Waals surface area (Å²) in [6.07, 6.45) is 1.27. The quantitative estimate of drug-likeness (QED) is 0.840. The molecule has 0 bridgehead atoms. The lowest BCUT2D eigenvalue weighted by Crippen LogP contribution is -2.13. The van der Waals surface area contributed by atoms with E-state index >= 15 is 0 Å². The molecule has 18 heavy (non-hydrogen) atoms. The molecule has 0 unspecified atom stereocenters. The van der Waals surface area contributed by atoms with Gasteiger partial charge in [-0.1, -0.05) is 6.07 Å². The van der Waals surface area contributed by atoms with E-state index in [9.17, 15) is 14.0 Å². The zero-order chi connectivity index (χ0) is 13.3. The summed E-state index contributed by atoms with van der Waals surface area (Å²) in [4.78, 5) is 21.9. The molecule has 0 aliphatic rings. The largest absolute Gasteiger partial charge is 0.478 e. The fraction of sp³-hybridized carbons (Fsp3) is 0. The van der Waals surface area contributed by atoms with Crippen LogP contribution in [0.4, 0.5) is 4.39 Å². The van der Waals surface area contributed by atoms with E-state index in [1.165, 1.54) is 24.4 Å². The molecule has 0 atom stereocenters. The van der Waals surface area contributed by atoms with Crippen molar-refractivity contribution in [2.45, 2.75) is 0 Å². The minimum absolute atomic E-state index is 0.0745. The summed E-state index contributed by atoms with van der Waals surface area (Å²) in [5.74, 6) is -2.82. The highest BCUT2D eigenvalue weighted by Crippen LogP contribution is 2.18. The van der Waals surface area contributed by atoms with Crippen LogP contribution in [0, 0.1) is 5.82 Å². The predicted octanol–water partition coefficient (Wildman–Crippen LogP) is 0.808. The number of benzene rings is 1. The Morgan fingerprint density at radius 2 is 2.06 bits per heavy atom. The monoisotopic (exact) mass is 249 g/mol. The van der Waals surface area contributed by atoms with E-state index in [0.717, 1.165) is 10.7 Å². The molecular weight excluding hydrogens is 241 g/mol. The van der Waals surface area contributed by atoms with Gasteiger partial charge in [-0.05, 0) is 18.2 Å². The molecule has 0 spiro atoms. The molecule has 0 fully saturated rings. The maximum absolute atomic E-state index is 13.7. The second-order valence-corrected chi connectivity index (χ2v) is 3.45. The smallest absolute Gasteiger partial charge is 0.338 e.